The van der Waals surface area contributed by atoms with Gasteiger partial charge in [0, 0.05) is 5.56 Å². The highest BCUT2D eigenvalue weighted by atomic mass is 35.5. The van der Waals surface area contributed by atoms with Gasteiger partial charge < -0.3 is 28.4 Å². The molecule has 3 aromatic carbocycles. The molecule has 0 atom stereocenters. The van der Waals surface area contributed by atoms with Crippen LogP contribution >= 0.6 is 22.9 Å². The van der Waals surface area contributed by atoms with E-state index in [1.54, 1.807) is 92.0 Å². The number of hydrogen-bond acceptors (Lipinski definition) is 12. The molecular formula is C43H43ClO11S. The maximum Gasteiger partial charge on any atom is 0.338 e. The standard InChI is InChI=1S/C43H43ClO11S/c1-50-33-16-11-28(12-17-33)40(46)52-25-5-3-4-6-26-53-41(47)29-13-18-34(19-14-29)54-42(48)30-7-9-31(10-8-30)43(49)55-37-22-20-35(51-2)27-32(37)15-21-36(45)38-23-24-39(44)56-38/h11-24,27,30-31H,3-10,25-26H2,1-2H3/b21-15+. The lowest BCUT2D eigenvalue weighted by Gasteiger charge is -2.26. The summed E-state index contributed by atoms with van der Waals surface area (Å²) in [5, 5.41) is 0. The van der Waals surface area contributed by atoms with E-state index >= 15 is 0 Å². The molecule has 294 valence electrons. The number of halogens is 1. The average Bonchev–Trinajstić information content (AvgIpc) is 3.67. The number of rotatable bonds is 18. The second-order valence-corrected chi connectivity index (χ2v) is 14.7. The second kappa shape index (κ2) is 21.0. The Kier molecular flexibility index (Phi) is 15.6. The van der Waals surface area contributed by atoms with Crippen LogP contribution in [0.4, 0.5) is 0 Å². The number of carbonyl (C=O) groups is 5. The molecule has 0 N–H and O–H groups in total. The third kappa shape index (κ3) is 12.3. The minimum atomic E-state index is -0.475. The largest absolute Gasteiger partial charge is 0.497 e. The number of esters is 4. The molecule has 1 heterocycles. The molecule has 1 aliphatic rings. The van der Waals surface area contributed by atoms with Crippen molar-refractivity contribution < 1.29 is 52.4 Å². The van der Waals surface area contributed by atoms with Gasteiger partial charge >= 0.3 is 23.9 Å². The van der Waals surface area contributed by atoms with Gasteiger partial charge in [-0.05, 0) is 142 Å². The molecule has 0 saturated heterocycles. The third-order valence-electron chi connectivity index (χ3n) is 9.19. The molecule has 1 aromatic heterocycles. The topological polar surface area (TPSA) is 141 Å². The molecule has 4 aromatic rings. The molecule has 0 bridgehead atoms. The van der Waals surface area contributed by atoms with Crippen LogP contribution in [0.2, 0.25) is 4.34 Å². The van der Waals surface area contributed by atoms with Crippen molar-refractivity contribution in [2.24, 2.45) is 11.8 Å². The van der Waals surface area contributed by atoms with Crippen molar-refractivity contribution >= 4 is 58.7 Å². The van der Waals surface area contributed by atoms with Crippen molar-refractivity contribution in [3.05, 3.63) is 111 Å². The first-order valence-electron chi connectivity index (χ1n) is 18.3. The summed E-state index contributed by atoms with van der Waals surface area (Å²) >= 11 is 7.14. The molecule has 1 saturated carbocycles. The molecule has 0 unspecified atom stereocenters. The van der Waals surface area contributed by atoms with Crippen LogP contribution in [-0.4, -0.2) is 57.1 Å². The summed E-state index contributed by atoms with van der Waals surface area (Å²) in [6, 6.07) is 21.2. The van der Waals surface area contributed by atoms with E-state index in [4.69, 9.17) is 40.0 Å². The van der Waals surface area contributed by atoms with Gasteiger partial charge in [-0.25, -0.2) is 9.59 Å². The number of methoxy groups -OCH3 is 2. The van der Waals surface area contributed by atoms with Crippen molar-refractivity contribution in [2.45, 2.75) is 51.4 Å². The van der Waals surface area contributed by atoms with Crippen molar-refractivity contribution in [3.63, 3.8) is 0 Å². The summed E-state index contributed by atoms with van der Waals surface area (Å²) in [5.74, 6) is -0.905. The van der Waals surface area contributed by atoms with E-state index in [0.717, 1.165) is 12.8 Å². The summed E-state index contributed by atoms with van der Waals surface area (Å²) in [6.07, 6.45) is 7.75. The van der Waals surface area contributed by atoms with Crippen LogP contribution in [0.5, 0.6) is 23.0 Å². The van der Waals surface area contributed by atoms with Crippen molar-refractivity contribution in [2.75, 3.05) is 27.4 Å². The van der Waals surface area contributed by atoms with Crippen LogP contribution in [0.3, 0.4) is 0 Å². The first-order valence-corrected chi connectivity index (χ1v) is 19.5. The monoisotopic (exact) mass is 802 g/mol. The third-order valence-corrected chi connectivity index (χ3v) is 10.4. The number of allylic oxidation sites excluding steroid dienone is 1. The molecule has 5 rings (SSSR count). The maximum absolute atomic E-state index is 13.2. The molecule has 1 fully saturated rings. The van der Waals surface area contributed by atoms with Gasteiger partial charge in [0.1, 0.15) is 23.0 Å². The highest BCUT2D eigenvalue weighted by Gasteiger charge is 2.32. The molecule has 0 spiro atoms. The van der Waals surface area contributed by atoms with Gasteiger partial charge in [0.25, 0.3) is 0 Å². The number of unbranched alkanes of at least 4 members (excludes halogenated alkanes) is 3. The van der Waals surface area contributed by atoms with Gasteiger partial charge in [0.2, 0.25) is 0 Å². The predicted octanol–water partition coefficient (Wildman–Crippen LogP) is 9.21. The van der Waals surface area contributed by atoms with E-state index in [2.05, 4.69) is 0 Å². The van der Waals surface area contributed by atoms with Crippen molar-refractivity contribution in [3.8, 4) is 23.0 Å². The van der Waals surface area contributed by atoms with Crippen LogP contribution in [0.15, 0.2) is 84.9 Å². The first kappa shape index (κ1) is 41.7. The van der Waals surface area contributed by atoms with Crippen LogP contribution in [0.25, 0.3) is 6.08 Å². The number of carbonyl (C=O) groups excluding carboxylic acids is 5. The Morgan fingerprint density at radius 2 is 1.16 bits per heavy atom. The Bertz CT molecular complexity index is 1990. The van der Waals surface area contributed by atoms with Crippen molar-refractivity contribution in [1.29, 1.82) is 0 Å². The van der Waals surface area contributed by atoms with Gasteiger partial charge in [0.15, 0.2) is 5.78 Å². The SMILES string of the molecule is COc1ccc(C(=O)OCCCCCCOC(=O)c2ccc(OC(=O)C3CCC(C(=O)Oc4ccc(OC)cc4/C=C/C(=O)c4ccc(Cl)s4)CC3)cc2)cc1. The minimum absolute atomic E-state index is 0.231. The number of thiophene rings is 1. The van der Waals surface area contributed by atoms with Crippen molar-refractivity contribution in [1.82, 2.24) is 0 Å². The molecule has 0 amide bonds. The fourth-order valence-corrected chi connectivity index (χ4v) is 6.93. The van der Waals surface area contributed by atoms with E-state index in [-0.39, 0.29) is 30.0 Å². The minimum Gasteiger partial charge on any atom is -0.497 e. The number of hydrogen-bond donors (Lipinski definition) is 0. The van der Waals surface area contributed by atoms with E-state index in [0.29, 0.717) is 88.3 Å². The van der Waals surface area contributed by atoms with Crippen LogP contribution in [0, 0.1) is 11.8 Å². The van der Waals surface area contributed by atoms with E-state index in [1.807, 2.05) is 0 Å². The molecule has 0 aliphatic heterocycles. The molecule has 56 heavy (non-hydrogen) atoms. The Labute approximate surface area is 334 Å². The second-order valence-electron chi connectivity index (χ2n) is 13.0. The van der Waals surface area contributed by atoms with E-state index in [9.17, 15) is 24.0 Å². The molecule has 11 nitrogen and oxygen atoms in total. The van der Waals surface area contributed by atoms with E-state index in [1.165, 1.54) is 24.5 Å². The highest BCUT2D eigenvalue weighted by molar-refractivity contribution is 7.18. The lowest BCUT2D eigenvalue weighted by atomic mass is 9.82. The van der Waals surface area contributed by atoms with Gasteiger partial charge in [0.05, 0.1) is 59.6 Å². The zero-order valence-corrected chi connectivity index (χ0v) is 32.7. The zero-order chi connectivity index (χ0) is 39.9. The van der Waals surface area contributed by atoms with Crippen LogP contribution < -0.4 is 18.9 Å². The highest BCUT2D eigenvalue weighted by Crippen LogP contribution is 2.33. The Balaban J connectivity index is 0.984. The van der Waals surface area contributed by atoms with Crippen LogP contribution in [0.1, 0.15) is 87.3 Å². The van der Waals surface area contributed by atoms with E-state index < -0.39 is 23.8 Å². The Hall–Kier alpha value is -5.46. The summed E-state index contributed by atoms with van der Waals surface area (Å²) in [6.45, 7) is 0.560. The quantitative estimate of drug-likeness (QED) is 0.0313. The Morgan fingerprint density at radius 1 is 0.643 bits per heavy atom. The van der Waals surface area contributed by atoms with Gasteiger partial charge in [-0.1, -0.05) is 11.6 Å². The lowest BCUT2D eigenvalue weighted by Crippen LogP contribution is -2.30. The number of benzene rings is 3. The molecule has 0 radical (unpaired) electrons. The molecule has 1 aliphatic carbocycles. The molecular weight excluding hydrogens is 760 g/mol. The summed E-state index contributed by atoms with van der Waals surface area (Å²) in [5.41, 5.74) is 1.30. The fraction of sp³-hybridized carbons (Fsp3) is 0.326. The zero-order valence-electron chi connectivity index (χ0n) is 31.2. The average molecular weight is 803 g/mol. The number of ether oxygens (including phenoxy) is 6. The van der Waals surface area contributed by atoms with Gasteiger partial charge in [-0.15, -0.1) is 11.3 Å². The van der Waals surface area contributed by atoms with Gasteiger partial charge in [-0.2, -0.15) is 0 Å². The summed E-state index contributed by atoms with van der Waals surface area (Å²) in [7, 11) is 3.08. The normalized spacial score (nSPS) is 15.1. The van der Waals surface area contributed by atoms with Gasteiger partial charge in [-0.3, -0.25) is 14.4 Å². The summed E-state index contributed by atoms with van der Waals surface area (Å²) < 4.78 is 33.0. The summed E-state index contributed by atoms with van der Waals surface area (Å²) in [4.78, 5) is 63.9. The maximum atomic E-state index is 13.2. The number of ketones is 1. The first-order chi connectivity index (χ1) is 27.1. The molecule has 13 heteroatoms. The lowest BCUT2D eigenvalue weighted by molar-refractivity contribution is -0.145. The Morgan fingerprint density at radius 3 is 1.68 bits per heavy atom. The van der Waals surface area contributed by atoms with Crippen LogP contribution in [-0.2, 0) is 19.1 Å². The fourth-order valence-electron chi connectivity index (χ4n) is 5.97. The smallest absolute Gasteiger partial charge is 0.338 e. The predicted molar refractivity (Wildman–Crippen MR) is 211 cm³/mol.